The summed E-state index contributed by atoms with van der Waals surface area (Å²) in [4.78, 5) is 15.5. The standard InChI is InChI=1S/C31H37ClN2O5S/c1-20-4-2-6-28(35)25-10-7-23(25)16-34-18-31(13-3-5-21-14-24(32)9-11-26(21)31)19-39-29-12-8-22(15-27(29)34)30(36)33-40(37,38)17-20/h2,4,8-9,11-12,14-15,20,23,25,28,35H,3,5-7,10,13,16-19H2,1H3,(H,33,36)/b4-2-/t20-,23+,25-,28+,31+/m1/s1. The fraction of sp³-hybridized carbons (Fsp3) is 0.516. The Labute approximate surface area is 241 Å². The topological polar surface area (TPSA) is 95.9 Å². The van der Waals surface area contributed by atoms with E-state index in [1.165, 1.54) is 11.1 Å². The summed E-state index contributed by atoms with van der Waals surface area (Å²) in [5.74, 6) is 0.0322. The number of aliphatic hydroxyl groups excluding tert-OH is 1. The molecule has 2 aliphatic heterocycles. The predicted molar refractivity (Wildman–Crippen MR) is 157 cm³/mol. The van der Waals surface area contributed by atoms with Crippen LogP contribution in [0.2, 0.25) is 5.02 Å². The molecule has 2 N–H and O–H groups in total. The second kappa shape index (κ2) is 10.7. The molecule has 4 aliphatic rings. The number of anilines is 1. The van der Waals surface area contributed by atoms with E-state index < -0.39 is 22.0 Å². The van der Waals surface area contributed by atoms with Gasteiger partial charge in [0.1, 0.15) is 5.75 Å². The van der Waals surface area contributed by atoms with Gasteiger partial charge in [0.25, 0.3) is 5.91 Å². The first kappa shape index (κ1) is 27.6. The molecular weight excluding hydrogens is 548 g/mol. The van der Waals surface area contributed by atoms with Crippen molar-refractivity contribution < 1.29 is 23.1 Å². The largest absolute Gasteiger partial charge is 0.490 e. The van der Waals surface area contributed by atoms with Crippen LogP contribution in [-0.2, 0) is 21.9 Å². The van der Waals surface area contributed by atoms with Crippen LogP contribution < -0.4 is 14.4 Å². The van der Waals surface area contributed by atoms with Crippen molar-refractivity contribution in [1.82, 2.24) is 4.72 Å². The Morgan fingerprint density at radius 3 is 2.83 bits per heavy atom. The first-order valence-corrected chi connectivity index (χ1v) is 16.4. The molecule has 7 nitrogen and oxygen atoms in total. The first-order valence-electron chi connectivity index (χ1n) is 14.3. The van der Waals surface area contributed by atoms with Crippen LogP contribution >= 0.6 is 11.6 Å². The van der Waals surface area contributed by atoms with Gasteiger partial charge in [-0.15, -0.1) is 0 Å². The molecule has 2 heterocycles. The van der Waals surface area contributed by atoms with Crippen molar-refractivity contribution in [1.29, 1.82) is 0 Å². The molecule has 1 saturated carbocycles. The SMILES string of the molecule is C[C@@H]1/C=C\C[C@H](O)[C@@H]2CC[C@H]2CN2C[C@@]3(CCCc4cc(Cl)ccc43)COc3ccc(cc32)C(=O)NS(=O)(=O)C1. The Bertz CT molecular complexity index is 1440. The zero-order chi connectivity index (χ0) is 28.1. The molecule has 1 spiro atoms. The molecule has 2 aromatic carbocycles. The summed E-state index contributed by atoms with van der Waals surface area (Å²) >= 11 is 6.37. The number of nitrogens with one attached hydrogen (secondary N) is 1. The number of allylic oxidation sites excluding steroid dienone is 1. The van der Waals surface area contributed by atoms with E-state index >= 15 is 0 Å². The second-order valence-electron chi connectivity index (χ2n) is 12.2. The Morgan fingerprint density at radius 2 is 2.02 bits per heavy atom. The van der Waals surface area contributed by atoms with Gasteiger partial charge >= 0.3 is 0 Å². The van der Waals surface area contributed by atoms with Crippen molar-refractivity contribution in [3.63, 3.8) is 0 Å². The first-order chi connectivity index (χ1) is 19.1. The Morgan fingerprint density at radius 1 is 1.18 bits per heavy atom. The summed E-state index contributed by atoms with van der Waals surface area (Å²) in [6, 6.07) is 11.4. The third-order valence-corrected chi connectivity index (χ3v) is 11.0. The van der Waals surface area contributed by atoms with Crippen LogP contribution in [0.4, 0.5) is 5.69 Å². The van der Waals surface area contributed by atoms with E-state index in [1.807, 2.05) is 18.2 Å². The normalized spacial score (nSPS) is 32.5. The fourth-order valence-corrected chi connectivity index (χ4v) is 8.62. The number of rotatable bonds is 0. The minimum absolute atomic E-state index is 0.170. The van der Waals surface area contributed by atoms with Gasteiger partial charge in [-0.2, -0.15) is 0 Å². The number of fused-ring (bicyclic) bond motifs is 4. The average Bonchev–Trinajstić information content (AvgIpc) is 3.02. The van der Waals surface area contributed by atoms with E-state index in [4.69, 9.17) is 16.3 Å². The quantitative estimate of drug-likeness (QED) is 0.430. The van der Waals surface area contributed by atoms with Crippen LogP contribution in [-0.4, -0.2) is 51.0 Å². The Balaban J connectivity index is 1.41. The third-order valence-electron chi connectivity index (χ3n) is 9.30. The Hall–Kier alpha value is -2.55. The van der Waals surface area contributed by atoms with Gasteiger partial charge in [-0.1, -0.05) is 36.7 Å². The molecule has 2 aliphatic carbocycles. The van der Waals surface area contributed by atoms with Crippen LogP contribution in [0, 0.1) is 17.8 Å². The maximum Gasteiger partial charge on any atom is 0.264 e. The summed E-state index contributed by atoms with van der Waals surface area (Å²) in [5.41, 5.74) is 3.34. The summed E-state index contributed by atoms with van der Waals surface area (Å²) in [5, 5.41) is 11.8. The van der Waals surface area contributed by atoms with Gasteiger partial charge in [-0.05, 0) is 97.7 Å². The highest BCUT2D eigenvalue weighted by Gasteiger charge is 2.44. The third kappa shape index (κ3) is 5.38. The van der Waals surface area contributed by atoms with Crippen molar-refractivity contribution in [2.45, 2.75) is 57.0 Å². The van der Waals surface area contributed by atoms with Crippen molar-refractivity contribution in [3.8, 4) is 5.75 Å². The average molecular weight is 585 g/mol. The number of carbonyl (C=O) groups is 1. The number of amides is 1. The lowest BCUT2D eigenvalue weighted by molar-refractivity contribution is 0.0177. The van der Waals surface area contributed by atoms with Crippen LogP contribution in [0.25, 0.3) is 0 Å². The number of halogens is 1. The molecule has 214 valence electrons. The molecule has 0 saturated heterocycles. The highest BCUT2D eigenvalue weighted by atomic mass is 35.5. The smallest absolute Gasteiger partial charge is 0.264 e. The highest BCUT2D eigenvalue weighted by Crippen LogP contribution is 2.46. The second-order valence-corrected chi connectivity index (χ2v) is 14.4. The number of aliphatic hydroxyl groups is 1. The molecule has 0 unspecified atom stereocenters. The lowest BCUT2D eigenvalue weighted by Gasteiger charge is -2.45. The van der Waals surface area contributed by atoms with E-state index in [9.17, 15) is 18.3 Å². The number of hydrogen-bond acceptors (Lipinski definition) is 6. The minimum Gasteiger partial charge on any atom is -0.490 e. The molecule has 2 bridgehead atoms. The van der Waals surface area contributed by atoms with Crippen molar-refractivity contribution in [2.24, 2.45) is 17.8 Å². The van der Waals surface area contributed by atoms with Crippen LogP contribution in [0.15, 0.2) is 48.6 Å². The molecule has 40 heavy (non-hydrogen) atoms. The molecular formula is C31H37ClN2O5S. The minimum atomic E-state index is -3.85. The van der Waals surface area contributed by atoms with Gasteiger partial charge < -0.3 is 14.7 Å². The van der Waals surface area contributed by atoms with Gasteiger partial charge in [0.2, 0.25) is 10.0 Å². The summed E-state index contributed by atoms with van der Waals surface area (Å²) in [6.45, 7) is 3.73. The molecule has 6 rings (SSSR count). The van der Waals surface area contributed by atoms with E-state index in [0.29, 0.717) is 31.2 Å². The van der Waals surface area contributed by atoms with Crippen LogP contribution in [0.3, 0.4) is 0 Å². The number of benzene rings is 2. The number of aryl methyl sites for hydroxylation is 1. The Kier molecular flexibility index (Phi) is 7.38. The maximum atomic E-state index is 13.2. The van der Waals surface area contributed by atoms with E-state index in [0.717, 1.165) is 49.4 Å². The highest BCUT2D eigenvalue weighted by molar-refractivity contribution is 7.90. The van der Waals surface area contributed by atoms with Gasteiger partial charge in [0.05, 0.1) is 24.2 Å². The van der Waals surface area contributed by atoms with E-state index in [2.05, 4.69) is 21.8 Å². The van der Waals surface area contributed by atoms with Crippen molar-refractivity contribution >= 4 is 33.2 Å². The lowest BCUT2D eigenvalue weighted by Crippen LogP contribution is -2.49. The zero-order valence-corrected chi connectivity index (χ0v) is 24.4. The molecule has 1 fully saturated rings. The van der Waals surface area contributed by atoms with E-state index in [-0.39, 0.29) is 28.6 Å². The number of carbonyl (C=O) groups excluding carboxylic acids is 1. The van der Waals surface area contributed by atoms with Crippen molar-refractivity contribution in [2.75, 3.05) is 30.3 Å². The molecule has 5 atom stereocenters. The summed E-state index contributed by atoms with van der Waals surface area (Å²) in [7, 11) is -3.85. The molecule has 0 radical (unpaired) electrons. The summed E-state index contributed by atoms with van der Waals surface area (Å²) in [6.07, 6.45) is 8.69. The number of nitrogens with zero attached hydrogens (tertiary/aromatic N) is 1. The monoisotopic (exact) mass is 584 g/mol. The lowest BCUT2D eigenvalue weighted by atomic mass is 9.68. The predicted octanol–water partition coefficient (Wildman–Crippen LogP) is 4.86. The maximum absolute atomic E-state index is 13.2. The van der Waals surface area contributed by atoms with Gasteiger partial charge in [-0.3, -0.25) is 4.79 Å². The molecule has 1 amide bonds. The van der Waals surface area contributed by atoms with Gasteiger partial charge in [0, 0.05) is 29.1 Å². The van der Waals surface area contributed by atoms with Crippen LogP contribution in [0.1, 0.15) is 60.5 Å². The fourth-order valence-electron chi connectivity index (χ4n) is 7.13. The van der Waals surface area contributed by atoms with Gasteiger partial charge in [-0.25, -0.2) is 13.1 Å². The molecule has 2 aromatic rings. The van der Waals surface area contributed by atoms with Crippen LogP contribution in [0.5, 0.6) is 5.75 Å². The number of ether oxygens (including phenoxy) is 1. The molecule has 9 heteroatoms. The van der Waals surface area contributed by atoms with Gasteiger partial charge in [0.15, 0.2) is 0 Å². The van der Waals surface area contributed by atoms with Crippen molar-refractivity contribution in [3.05, 3.63) is 70.3 Å². The van der Waals surface area contributed by atoms with E-state index in [1.54, 1.807) is 25.1 Å². The zero-order valence-electron chi connectivity index (χ0n) is 22.8. The summed E-state index contributed by atoms with van der Waals surface area (Å²) < 4.78 is 34.3. The number of sulfonamides is 1. The molecule has 0 aromatic heterocycles. The number of hydrogen-bond donors (Lipinski definition) is 2.